The van der Waals surface area contributed by atoms with Gasteiger partial charge in [-0.1, -0.05) is 0 Å². The van der Waals surface area contributed by atoms with Gasteiger partial charge in [0, 0.05) is 18.3 Å². The number of phenolic OH excluding ortho intramolecular Hbond substituents is 1. The zero-order chi connectivity index (χ0) is 14.3. The van der Waals surface area contributed by atoms with E-state index in [-0.39, 0.29) is 11.8 Å². The quantitative estimate of drug-likeness (QED) is 0.775. The van der Waals surface area contributed by atoms with Crippen LogP contribution in [0.1, 0.15) is 19.9 Å². The van der Waals surface area contributed by atoms with Gasteiger partial charge in [-0.25, -0.2) is 14.4 Å². The second kappa shape index (κ2) is 4.59. The van der Waals surface area contributed by atoms with Crippen LogP contribution in [0.4, 0.5) is 4.39 Å². The van der Waals surface area contributed by atoms with E-state index in [1.165, 1.54) is 12.1 Å². The molecule has 0 atom stereocenters. The van der Waals surface area contributed by atoms with E-state index in [1.807, 2.05) is 24.5 Å². The summed E-state index contributed by atoms with van der Waals surface area (Å²) in [6.07, 6.45) is 1.69. The molecule has 2 heterocycles. The van der Waals surface area contributed by atoms with Crippen LogP contribution in [0.5, 0.6) is 5.75 Å². The first-order valence-corrected chi connectivity index (χ1v) is 6.40. The van der Waals surface area contributed by atoms with Gasteiger partial charge < -0.3 is 9.67 Å². The minimum absolute atomic E-state index is 0.0955. The molecule has 0 aliphatic rings. The Hall–Kier alpha value is -2.43. The average molecular weight is 271 g/mol. The molecular weight excluding hydrogens is 257 g/mol. The van der Waals surface area contributed by atoms with E-state index >= 15 is 0 Å². The highest BCUT2D eigenvalue weighted by Crippen LogP contribution is 2.30. The van der Waals surface area contributed by atoms with Gasteiger partial charge in [0.25, 0.3) is 0 Å². The molecule has 1 aromatic carbocycles. The van der Waals surface area contributed by atoms with Crippen molar-refractivity contribution in [2.45, 2.75) is 19.9 Å². The third kappa shape index (κ3) is 1.91. The maximum absolute atomic E-state index is 14.1. The molecule has 3 rings (SSSR count). The van der Waals surface area contributed by atoms with Crippen LogP contribution >= 0.6 is 0 Å². The second-order valence-electron chi connectivity index (χ2n) is 4.91. The van der Waals surface area contributed by atoms with Crippen molar-refractivity contribution in [1.29, 1.82) is 0 Å². The summed E-state index contributed by atoms with van der Waals surface area (Å²) >= 11 is 0. The van der Waals surface area contributed by atoms with Gasteiger partial charge >= 0.3 is 0 Å². The van der Waals surface area contributed by atoms with E-state index in [9.17, 15) is 9.50 Å². The highest BCUT2D eigenvalue weighted by atomic mass is 19.1. The predicted octanol–water partition coefficient (Wildman–Crippen LogP) is 3.52. The third-order valence-corrected chi connectivity index (χ3v) is 3.16. The molecule has 0 bridgehead atoms. The van der Waals surface area contributed by atoms with Gasteiger partial charge in [-0.15, -0.1) is 0 Å². The third-order valence-electron chi connectivity index (χ3n) is 3.16. The molecule has 0 fully saturated rings. The molecule has 0 radical (unpaired) electrons. The topological polar surface area (TPSA) is 50.9 Å². The van der Waals surface area contributed by atoms with Gasteiger partial charge in [-0.05, 0) is 38.1 Å². The fourth-order valence-corrected chi connectivity index (χ4v) is 2.29. The Bertz CT molecular complexity index is 780. The summed E-state index contributed by atoms with van der Waals surface area (Å²) < 4.78 is 16.0. The van der Waals surface area contributed by atoms with E-state index in [1.54, 1.807) is 12.3 Å². The standard InChI is InChI=1S/C15H14FN3O/c1-9(2)19-14(11-6-5-10(20)8-12(11)16)18-13-4-3-7-17-15(13)19/h3-9,20H,1-2H3. The van der Waals surface area contributed by atoms with Gasteiger partial charge in [0.2, 0.25) is 0 Å². The number of benzene rings is 1. The van der Waals surface area contributed by atoms with Crippen molar-refractivity contribution in [2.75, 3.05) is 0 Å². The van der Waals surface area contributed by atoms with Crippen molar-refractivity contribution < 1.29 is 9.50 Å². The largest absolute Gasteiger partial charge is 0.508 e. The zero-order valence-corrected chi connectivity index (χ0v) is 11.2. The Kier molecular flexibility index (Phi) is 2.89. The molecular formula is C15H14FN3O. The summed E-state index contributed by atoms with van der Waals surface area (Å²) in [6, 6.07) is 7.83. The van der Waals surface area contributed by atoms with Crippen molar-refractivity contribution in [3.05, 3.63) is 42.3 Å². The lowest BCUT2D eigenvalue weighted by molar-refractivity contribution is 0.469. The number of hydrogen-bond acceptors (Lipinski definition) is 3. The Morgan fingerprint density at radius 1 is 1.25 bits per heavy atom. The van der Waals surface area contributed by atoms with Crippen molar-refractivity contribution in [3.8, 4) is 17.1 Å². The summed E-state index contributed by atoms with van der Waals surface area (Å²) in [7, 11) is 0. The number of hydrogen-bond donors (Lipinski definition) is 1. The number of phenols is 1. The maximum Gasteiger partial charge on any atom is 0.160 e. The number of pyridine rings is 1. The Labute approximate surface area is 115 Å². The van der Waals surface area contributed by atoms with E-state index in [0.29, 0.717) is 11.4 Å². The highest BCUT2D eigenvalue weighted by molar-refractivity contribution is 5.77. The average Bonchev–Trinajstić information content (AvgIpc) is 2.77. The maximum atomic E-state index is 14.1. The molecule has 0 amide bonds. The van der Waals surface area contributed by atoms with Crippen LogP contribution in [0.25, 0.3) is 22.6 Å². The number of aromatic hydroxyl groups is 1. The fourth-order valence-electron chi connectivity index (χ4n) is 2.29. The van der Waals surface area contributed by atoms with Crippen LogP contribution in [0, 0.1) is 5.82 Å². The second-order valence-corrected chi connectivity index (χ2v) is 4.91. The van der Waals surface area contributed by atoms with Crippen LogP contribution in [0.2, 0.25) is 0 Å². The van der Waals surface area contributed by atoms with Gasteiger partial charge in [-0.3, -0.25) is 0 Å². The van der Waals surface area contributed by atoms with Gasteiger partial charge in [-0.2, -0.15) is 0 Å². The lowest BCUT2D eigenvalue weighted by Gasteiger charge is -2.12. The van der Waals surface area contributed by atoms with Crippen LogP contribution in [-0.2, 0) is 0 Å². The first kappa shape index (κ1) is 12.6. The van der Waals surface area contributed by atoms with Crippen LogP contribution in [0.15, 0.2) is 36.5 Å². The molecule has 2 aromatic heterocycles. The molecule has 0 unspecified atom stereocenters. The summed E-state index contributed by atoms with van der Waals surface area (Å²) in [5, 5.41) is 9.32. The molecule has 0 saturated heterocycles. The van der Waals surface area contributed by atoms with E-state index in [2.05, 4.69) is 9.97 Å². The Morgan fingerprint density at radius 2 is 2.05 bits per heavy atom. The number of imidazole rings is 1. The number of aromatic nitrogens is 3. The van der Waals surface area contributed by atoms with Gasteiger partial charge in [0.05, 0.1) is 5.56 Å². The van der Waals surface area contributed by atoms with Crippen LogP contribution in [0.3, 0.4) is 0 Å². The molecule has 0 aliphatic heterocycles. The molecule has 20 heavy (non-hydrogen) atoms. The minimum atomic E-state index is -0.498. The predicted molar refractivity (Wildman–Crippen MR) is 75.0 cm³/mol. The Morgan fingerprint density at radius 3 is 2.75 bits per heavy atom. The van der Waals surface area contributed by atoms with Gasteiger partial charge in [0.15, 0.2) is 5.65 Å². The lowest BCUT2D eigenvalue weighted by atomic mass is 10.2. The fraction of sp³-hybridized carbons (Fsp3) is 0.200. The molecule has 102 valence electrons. The smallest absolute Gasteiger partial charge is 0.160 e. The summed E-state index contributed by atoms with van der Waals surface area (Å²) in [4.78, 5) is 8.80. The molecule has 0 saturated carbocycles. The first-order chi connectivity index (χ1) is 9.58. The van der Waals surface area contributed by atoms with Crippen LogP contribution in [-0.4, -0.2) is 19.6 Å². The number of halogens is 1. The summed E-state index contributed by atoms with van der Waals surface area (Å²) in [5.41, 5.74) is 1.81. The van der Waals surface area contributed by atoms with Crippen molar-refractivity contribution >= 4 is 11.2 Å². The zero-order valence-electron chi connectivity index (χ0n) is 11.2. The number of fused-ring (bicyclic) bond motifs is 1. The molecule has 5 heteroatoms. The monoisotopic (exact) mass is 271 g/mol. The molecule has 1 N–H and O–H groups in total. The molecule has 0 spiro atoms. The lowest BCUT2D eigenvalue weighted by Crippen LogP contribution is -2.04. The molecule has 0 aliphatic carbocycles. The normalized spacial score (nSPS) is 11.4. The van der Waals surface area contributed by atoms with E-state index in [0.717, 1.165) is 17.2 Å². The van der Waals surface area contributed by atoms with Crippen LogP contribution < -0.4 is 0 Å². The van der Waals surface area contributed by atoms with Crippen molar-refractivity contribution in [3.63, 3.8) is 0 Å². The van der Waals surface area contributed by atoms with Crippen molar-refractivity contribution in [2.24, 2.45) is 0 Å². The summed E-state index contributed by atoms with van der Waals surface area (Å²) in [6.45, 7) is 4.00. The van der Waals surface area contributed by atoms with E-state index < -0.39 is 5.82 Å². The minimum Gasteiger partial charge on any atom is -0.508 e. The van der Waals surface area contributed by atoms with Gasteiger partial charge in [0.1, 0.15) is 22.9 Å². The summed E-state index contributed by atoms with van der Waals surface area (Å²) in [5.74, 6) is -0.0787. The SMILES string of the molecule is CC(C)n1c(-c2ccc(O)cc2F)nc2cccnc21. The first-order valence-electron chi connectivity index (χ1n) is 6.40. The Balaban J connectivity index is 2.32. The van der Waals surface area contributed by atoms with E-state index in [4.69, 9.17) is 0 Å². The molecule has 3 aromatic rings. The molecule has 4 nitrogen and oxygen atoms in total. The van der Waals surface area contributed by atoms with Crippen molar-refractivity contribution in [1.82, 2.24) is 14.5 Å². The number of rotatable bonds is 2. The number of nitrogens with zero attached hydrogens (tertiary/aromatic N) is 3. The highest BCUT2D eigenvalue weighted by Gasteiger charge is 2.18.